The number of ether oxygens (including phenoxy) is 2. The fourth-order valence-corrected chi connectivity index (χ4v) is 8.64. The van der Waals surface area contributed by atoms with Crippen LogP contribution in [0.4, 0.5) is 0 Å². The molecule has 3 N–H and O–H groups in total. The number of rotatable bonds is 50. The maximum atomic E-state index is 12.6. The molecule has 2 atom stereocenters. The molecule has 0 rings (SSSR count). The Labute approximate surface area is 371 Å². The van der Waals surface area contributed by atoms with Gasteiger partial charge < -0.3 is 20.1 Å². The van der Waals surface area contributed by atoms with Crippen molar-refractivity contribution in [1.29, 1.82) is 0 Å². The Bertz CT molecular complexity index is 953. The first-order valence-electron chi connectivity index (χ1n) is 26.0. The maximum absolute atomic E-state index is 12.6. The second-order valence-electron chi connectivity index (χ2n) is 17.8. The van der Waals surface area contributed by atoms with E-state index in [9.17, 15) is 19.0 Å². The Morgan fingerprint density at radius 1 is 0.433 bits per heavy atom. The monoisotopic (exact) mass is 874 g/mol. The van der Waals surface area contributed by atoms with Crippen LogP contribution in [0.1, 0.15) is 277 Å². The van der Waals surface area contributed by atoms with Crippen LogP contribution in [0, 0.1) is 0 Å². The normalized spacial score (nSPS) is 13.1. The highest BCUT2D eigenvalue weighted by molar-refractivity contribution is 7.47. The van der Waals surface area contributed by atoms with Gasteiger partial charge in [-0.25, -0.2) is 4.57 Å². The Hall–Kier alpha value is -0.990. The number of phosphoric acid groups is 1. The summed E-state index contributed by atoms with van der Waals surface area (Å²) in [4.78, 5) is 34.8. The van der Waals surface area contributed by atoms with Crippen LogP contribution in [0.3, 0.4) is 0 Å². The molecule has 0 aliphatic rings. The van der Waals surface area contributed by atoms with Crippen LogP contribution < -0.4 is 5.73 Å². The van der Waals surface area contributed by atoms with E-state index in [0.717, 1.165) is 32.1 Å². The zero-order chi connectivity index (χ0) is 43.9. The molecule has 0 saturated heterocycles. The van der Waals surface area contributed by atoms with E-state index >= 15 is 0 Å². The van der Waals surface area contributed by atoms with E-state index in [1.54, 1.807) is 0 Å². The van der Waals surface area contributed by atoms with Gasteiger partial charge in [-0.1, -0.05) is 251 Å². The Morgan fingerprint density at radius 3 is 1.02 bits per heavy atom. The third-order valence-electron chi connectivity index (χ3n) is 11.7. The first kappa shape index (κ1) is 59.0. The van der Waals surface area contributed by atoms with Crippen LogP contribution in [-0.2, 0) is 32.7 Å². The smallest absolute Gasteiger partial charge is 0.462 e. The van der Waals surface area contributed by atoms with Crippen molar-refractivity contribution in [3.63, 3.8) is 0 Å². The molecule has 10 heteroatoms. The highest BCUT2D eigenvalue weighted by Gasteiger charge is 2.26. The molecule has 0 saturated carbocycles. The molecule has 2 unspecified atom stereocenters. The van der Waals surface area contributed by atoms with Gasteiger partial charge in [0.25, 0.3) is 0 Å². The zero-order valence-corrected chi connectivity index (χ0v) is 40.6. The van der Waals surface area contributed by atoms with Crippen LogP contribution in [0.15, 0.2) is 0 Å². The largest absolute Gasteiger partial charge is 0.472 e. The van der Waals surface area contributed by atoms with Crippen LogP contribution >= 0.6 is 7.82 Å². The molecule has 0 radical (unpaired) electrons. The third-order valence-corrected chi connectivity index (χ3v) is 12.7. The number of nitrogens with two attached hydrogens (primary N) is 1. The molecule has 0 aromatic rings. The molecule has 358 valence electrons. The summed E-state index contributed by atoms with van der Waals surface area (Å²) in [6.45, 7) is 3.76. The molecule has 0 aliphatic heterocycles. The summed E-state index contributed by atoms with van der Waals surface area (Å²) in [7, 11) is -4.37. The molecular formula is C50H100NO8P. The predicted octanol–water partition coefficient (Wildman–Crippen LogP) is 15.6. The quantitative estimate of drug-likeness (QED) is 0.0348. The van der Waals surface area contributed by atoms with Crippen LogP contribution in [0.5, 0.6) is 0 Å². The lowest BCUT2D eigenvalue weighted by Crippen LogP contribution is -2.29. The Kier molecular flexibility index (Phi) is 46.7. The van der Waals surface area contributed by atoms with Gasteiger partial charge in [-0.05, 0) is 12.8 Å². The summed E-state index contributed by atoms with van der Waals surface area (Å²) in [6, 6.07) is 0. The van der Waals surface area contributed by atoms with Gasteiger partial charge >= 0.3 is 19.8 Å². The molecule has 0 spiro atoms. The van der Waals surface area contributed by atoms with Gasteiger partial charge in [0.2, 0.25) is 0 Å². The van der Waals surface area contributed by atoms with Crippen molar-refractivity contribution in [3.8, 4) is 0 Å². The van der Waals surface area contributed by atoms with Crippen molar-refractivity contribution in [1.82, 2.24) is 0 Å². The van der Waals surface area contributed by atoms with Crippen LogP contribution in [-0.4, -0.2) is 49.3 Å². The van der Waals surface area contributed by atoms with Crippen molar-refractivity contribution < 1.29 is 37.6 Å². The van der Waals surface area contributed by atoms with Gasteiger partial charge in [0.1, 0.15) is 6.61 Å². The average Bonchev–Trinajstić information content (AvgIpc) is 3.24. The Morgan fingerprint density at radius 2 is 0.717 bits per heavy atom. The number of carbonyl (C=O) groups excluding carboxylic acids is 2. The van der Waals surface area contributed by atoms with Crippen LogP contribution in [0.2, 0.25) is 0 Å². The summed E-state index contributed by atoms with van der Waals surface area (Å²) in [5.74, 6) is -0.814. The van der Waals surface area contributed by atoms with Gasteiger partial charge in [0.05, 0.1) is 13.2 Å². The highest BCUT2D eigenvalue weighted by Crippen LogP contribution is 2.43. The van der Waals surface area contributed by atoms with Crippen molar-refractivity contribution in [2.45, 2.75) is 283 Å². The van der Waals surface area contributed by atoms with E-state index in [1.807, 2.05) is 0 Å². The van der Waals surface area contributed by atoms with Gasteiger partial charge in [0.15, 0.2) is 6.10 Å². The van der Waals surface area contributed by atoms with Crippen molar-refractivity contribution in [2.75, 3.05) is 26.4 Å². The summed E-state index contributed by atoms with van der Waals surface area (Å²) >= 11 is 0. The van der Waals surface area contributed by atoms with E-state index in [-0.39, 0.29) is 38.6 Å². The number of hydrogen-bond acceptors (Lipinski definition) is 8. The topological polar surface area (TPSA) is 134 Å². The number of carbonyl (C=O) groups is 2. The molecule has 0 amide bonds. The number of phosphoric ester groups is 1. The summed E-state index contributed by atoms with van der Waals surface area (Å²) in [5.41, 5.74) is 5.35. The summed E-state index contributed by atoms with van der Waals surface area (Å²) < 4.78 is 32.8. The zero-order valence-electron chi connectivity index (χ0n) is 39.7. The lowest BCUT2D eigenvalue weighted by molar-refractivity contribution is -0.161. The van der Waals surface area contributed by atoms with E-state index < -0.39 is 26.5 Å². The van der Waals surface area contributed by atoms with Gasteiger partial charge in [-0.2, -0.15) is 0 Å². The summed E-state index contributed by atoms with van der Waals surface area (Å²) in [5, 5.41) is 0. The number of esters is 2. The minimum atomic E-state index is -4.37. The van der Waals surface area contributed by atoms with Crippen LogP contribution in [0.25, 0.3) is 0 Å². The molecular weight excluding hydrogens is 774 g/mol. The lowest BCUT2D eigenvalue weighted by atomic mass is 10.0. The molecule has 0 aliphatic carbocycles. The lowest BCUT2D eigenvalue weighted by Gasteiger charge is -2.19. The fourth-order valence-electron chi connectivity index (χ4n) is 7.87. The van der Waals surface area contributed by atoms with Crippen molar-refractivity contribution >= 4 is 19.8 Å². The van der Waals surface area contributed by atoms with E-state index in [4.69, 9.17) is 24.3 Å². The summed E-state index contributed by atoms with van der Waals surface area (Å²) in [6.07, 6.45) is 50.4. The molecule has 0 heterocycles. The average molecular weight is 874 g/mol. The fraction of sp³-hybridized carbons (Fsp3) is 0.960. The van der Waals surface area contributed by atoms with E-state index in [0.29, 0.717) is 6.42 Å². The molecule has 0 aromatic carbocycles. The first-order chi connectivity index (χ1) is 29.3. The minimum absolute atomic E-state index is 0.0580. The van der Waals surface area contributed by atoms with Gasteiger partial charge in [0, 0.05) is 19.4 Å². The standard InChI is InChI=1S/C50H100NO8P/c1-3-5-7-9-11-13-14-15-16-17-18-19-20-21-22-23-24-25-26-27-28-29-30-31-32-33-35-37-39-41-43-50(53)59-48(47-58-60(54,55)57-45-44-51)46-56-49(52)42-40-38-36-34-12-10-8-6-4-2/h48H,3-47,51H2,1-2H3,(H,54,55). The maximum Gasteiger partial charge on any atom is 0.472 e. The minimum Gasteiger partial charge on any atom is -0.462 e. The molecule has 0 fully saturated rings. The number of hydrogen-bond donors (Lipinski definition) is 2. The van der Waals surface area contributed by atoms with Crippen molar-refractivity contribution in [3.05, 3.63) is 0 Å². The Balaban J connectivity index is 3.78. The second-order valence-corrected chi connectivity index (χ2v) is 19.2. The predicted molar refractivity (Wildman–Crippen MR) is 252 cm³/mol. The molecule has 0 aromatic heterocycles. The van der Waals surface area contributed by atoms with E-state index in [1.165, 1.54) is 212 Å². The van der Waals surface area contributed by atoms with Gasteiger partial charge in [-0.3, -0.25) is 18.6 Å². The van der Waals surface area contributed by atoms with E-state index in [2.05, 4.69) is 13.8 Å². The second kappa shape index (κ2) is 47.5. The van der Waals surface area contributed by atoms with Gasteiger partial charge in [-0.15, -0.1) is 0 Å². The molecule has 0 bridgehead atoms. The third kappa shape index (κ3) is 46.5. The first-order valence-corrected chi connectivity index (χ1v) is 27.5. The number of unbranched alkanes of at least 4 members (excludes halogenated alkanes) is 37. The highest BCUT2D eigenvalue weighted by atomic mass is 31.2. The SMILES string of the molecule is CCCCCCCCCCCCCCCCCCCCCCCCCCCCCCCCC(=O)OC(COC(=O)CCCCCCCCCCC)COP(=O)(O)OCCN. The van der Waals surface area contributed by atoms with Crippen molar-refractivity contribution in [2.24, 2.45) is 5.73 Å². The molecule has 60 heavy (non-hydrogen) atoms. The molecule has 9 nitrogen and oxygen atoms in total.